The van der Waals surface area contributed by atoms with Crippen molar-refractivity contribution in [2.24, 2.45) is 0 Å². The van der Waals surface area contributed by atoms with Crippen molar-refractivity contribution in [1.82, 2.24) is 0 Å². The van der Waals surface area contributed by atoms with Gasteiger partial charge in [-0.2, -0.15) is 0 Å². The van der Waals surface area contributed by atoms with Crippen LogP contribution in [0.15, 0.2) is 12.7 Å². The fourth-order valence-electron chi connectivity index (χ4n) is 0.779. The molecule has 0 saturated heterocycles. The quantitative estimate of drug-likeness (QED) is 0.501. The lowest BCUT2D eigenvalue weighted by Crippen LogP contribution is -2.18. The number of ether oxygens (including phenoxy) is 1. The van der Waals surface area contributed by atoms with Crippen molar-refractivity contribution in [3.05, 3.63) is 12.7 Å². The summed E-state index contributed by atoms with van der Waals surface area (Å²) >= 11 is 0. The number of rotatable bonds is 5. The van der Waals surface area contributed by atoms with Gasteiger partial charge in [0.15, 0.2) is 0 Å². The van der Waals surface area contributed by atoms with Crippen LogP contribution in [-0.4, -0.2) is 23.3 Å². The lowest BCUT2D eigenvalue weighted by atomic mass is 10.2. The lowest BCUT2D eigenvalue weighted by molar-refractivity contribution is -0.149. The Hall–Kier alpha value is -0.830. The van der Waals surface area contributed by atoms with Crippen molar-refractivity contribution in [2.45, 2.75) is 38.9 Å². The van der Waals surface area contributed by atoms with E-state index in [0.717, 1.165) is 0 Å². The highest BCUT2D eigenvalue weighted by atomic mass is 16.5. The smallest absolute Gasteiger partial charge is 0.308 e. The average molecular weight is 172 g/mol. The summed E-state index contributed by atoms with van der Waals surface area (Å²) in [6.07, 6.45) is 1.27. The highest BCUT2D eigenvalue weighted by Crippen LogP contribution is 2.01. The Labute approximate surface area is 73.0 Å². The highest BCUT2D eigenvalue weighted by molar-refractivity contribution is 5.70. The highest BCUT2D eigenvalue weighted by Gasteiger charge is 2.11. The molecular weight excluding hydrogens is 156 g/mol. The summed E-state index contributed by atoms with van der Waals surface area (Å²) < 4.78 is 4.83. The molecule has 70 valence electrons. The molecule has 0 aromatic rings. The van der Waals surface area contributed by atoms with E-state index in [-0.39, 0.29) is 18.5 Å². The van der Waals surface area contributed by atoms with E-state index in [1.165, 1.54) is 0 Å². The Kier molecular flexibility index (Phi) is 5.37. The predicted molar refractivity (Wildman–Crippen MR) is 46.7 cm³/mol. The molecule has 0 bridgehead atoms. The van der Waals surface area contributed by atoms with Crippen LogP contribution < -0.4 is 0 Å². The van der Waals surface area contributed by atoms with E-state index in [9.17, 15) is 4.79 Å². The maximum absolute atomic E-state index is 10.9. The molecule has 0 aliphatic rings. The minimum atomic E-state index is -0.659. The number of hydrogen-bond donors (Lipinski definition) is 1. The van der Waals surface area contributed by atoms with Crippen LogP contribution in [0.2, 0.25) is 0 Å². The number of carbonyl (C=O) groups excluding carboxylic acids is 1. The number of carbonyl (C=O) groups is 1. The molecule has 0 aromatic carbocycles. The molecule has 0 radical (unpaired) electrons. The van der Waals surface area contributed by atoms with Crippen LogP contribution in [0.25, 0.3) is 0 Å². The van der Waals surface area contributed by atoms with Gasteiger partial charge in [-0.15, -0.1) is 6.58 Å². The number of esters is 1. The van der Waals surface area contributed by atoms with E-state index < -0.39 is 6.10 Å². The van der Waals surface area contributed by atoms with E-state index in [1.807, 2.05) is 0 Å². The summed E-state index contributed by atoms with van der Waals surface area (Å²) in [6, 6.07) is 0. The van der Waals surface area contributed by atoms with Crippen LogP contribution >= 0.6 is 0 Å². The topological polar surface area (TPSA) is 46.5 Å². The van der Waals surface area contributed by atoms with E-state index in [1.54, 1.807) is 19.9 Å². The van der Waals surface area contributed by atoms with Crippen molar-refractivity contribution in [2.75, 3.05) is 0 Å². The number of hydrogen-bond acceptors (Lipinski definition) is 3. The molecule has 0 aliphatic carbocycles. The van der Waals surface area contributed by atoms with Crippen LogP contribution in [0.3, 0.4) is 0 Å². The van der Waals surface area contributed by atoms with Crippen molar-refractivity contribution < 1.29 is 14.6 Å². The van der Waals surface area contributed by atoms with Gasteiger partial charge in [0.25, 0.3) is 0 Å². The molecule has 0 heterocycles. The van der Waals surface area contributed by atoms with Crippen LogP contribution in [0, 0.1) is 0 Å². The molecule has 1 N–H and O–H groups in total. The number of aliphatic hydroxyl groups is 1. The fraction of sp³-hybridized carbons (Fsp3) is 0.667. The van der Waals surface area contributed by atoms with Crippen LogP contribution in [0.1, 0.15) is 26.7 Å². The Balaban J connectivity index is 3.61. The standard InChI is InChI=1S/C9H16O3/c1-4-5-8(10)6-9(11)12-7(2)3/h4,7-8,10H,1,5-6H2,2-3H3. The molecule has 0 fully saturated rings. The van der Waals surface area contributed by atoms with Gasteiger partial charge in [-0.3, -0.25) is 4.79 Å². The SMILES string of the molecule is C=CCC(O)CC(=O)OC(C)C. The second-order valence-corrected chi connectivity index (χ2v) is 2.92. The van der Waals surface area contributed by atoms with Gasteiger partial charge in [0, 0.05) is 0 Å². The predicted octanol–water partition coefficient (Wildman–Crippen LogP) is 1.27. The van der Waals surface area contributed by atoms with Gasteiger partial charge in [0.1, 0.15) is 0 Å². The molecule has 0 aromatic heterocycles. The molecule has 0 spiro atoms. The first-order valence-electron chi connectivity index (χ1n) is 4.04. The average Bonchev–Trinajstić information content (AvgIpc) is 1.84. The normalized spacial score (nSPS) is 12.7. The molecule has 0 aliphatic heterocycles. The molecule has 1 unspecified atom stereocenters. The van der Waals surface area contributed by atoms with Gasteiger partial charge in [0.2, 0.25) is 0 Å². The third-order valence-electron chi connectivity index (χ3n) is 1.21. The summed E-state index contributed by atoms with van der Waals surface area (Å²) in [6.45, 7) is 7.01. The second kappa shape index (κ2) is 5.77. The molecule has 12 heavy (non-hydrogen) atoms. The molecule has 1 atom stereocenters. The monoisotopic (exact) mass is 172 g/mol. The van der Waals surface area contributed by atoms with Gasteiger partial charge in [-0.25, -0.2) is 0 Å². The van der Waals surface area contributed by atoms with Crippen molar-refractivity contribution in [1.29, 1.82) is 0 Å². The van der Waals surface area contributed by atoms with Gasteiger partial charge < -0.3 is 9.84 Å². The first-order valence-corrected chi connectivity index (χ1v) is 4.04. The summed E-state index contributed by atoms with van der Waals surface area (Å²) in [5.74, 6) is -0.362. The van der Waals surface area contributed by atoms with Crippen LogP contribution in [0.5, 0.6) is 0 Å². The van der Waals surface area contributed by atoms with Gasteiger partial charge >= 0.3 is 5.97 Å². The van der Waals surface area contributed by atoms with Gasteiger partial charge in [0.05, 0.1) is 18.6 Å². The zero-order valence-electron chi connectivity index (χ0n) is 7.62. The fourth-order valence-corrected chi connectivity index (χ4v) is 0.779. The summed E-state index contributed by atoms with van der Waals surface area (Å²) in [5, 5.41) is 9.16. The van der Waals surface area contributed by atoms with Gasteiger partial charge in [-0.05, 0) is 20.3 Å². The van der Waals surface area contributed by atoms with Crippen molar-refractivity contribution >= 4 is 5.97 Å². The van der Waals surface area contributed by atoms with Crippen LogP contribution in [-0.2, 0) is 9.53 Å². The van der Waals surface area contributed by atoms with Crippen LogP contribution in [0.4, 0.5) is 0 Å². The second-order valence-electron chi connectivity index (χ2n) is 2.92. The number of aliphatic hydroxyl groups excluding tert-OH is 1. The summed E-state index contributed by atoms with van der Waals surface area (Å²) in [5.41, 5.74) is 0. The first-order chi connectivity index (χ1) is 5.56. The maximum Gasteiger partial charge on any atom is 0.308 e. The Bertz CT molecular complexity index is 152. The largest absolute Gasteiger partial charge is 0.463 e. The molecule has 3 heteroatoms. The van der Waals surface area contributed by atoms with E-state index in [4.69, 9.17) is 9.84 Å². The zero-order chi connectivity index (χ0) is 9.56. The third-order valence-corrected chi connectivity index (χ3v) is 1.21. The lowest BCUT2D eigenvalue weighted by Gasteiger charge is -2.10. The van der Waals surface area contributed by atoms with E-state index in [2.05, 4.69) is 6.58 Å². The molecule has 0 rings (SSSR count). The Morgan fingerprint density at radius 2 is 2.25 bits per heavy atom. The molecule has 0 saturated carbocycles. The van der Waals surface area contributed by atoms with Crippen molar-refractivity contribution in [3.63, 3.8) is 0 Å². The molecule has 3 nitrogen and oxygen atoms in total. The van der Waals surface area contributed by atoms with E-state index >= 15 is 0 Å². The van der Waals surface area contributed by atoms with Crippen molar-refractivity contribution in [3.8, 4) is 0 Å². The zero-order valence-corrected chi connectivity index (χ0v) is 7.62. The molecule has 0 amide bonds. The molecular formula is C9H16O3. The summed E-state index contributed by atoms with van der Waals surface area (Å²) in [4.78, 5) is 10.9. The Morgan fingerprint density at radius 3 is 2.67 bits per heavy atom. The minimum Gasteiger partial charge on any atom is -0.463 e. The van der Waals surface area contributed by atoms with E-state index in [0.29, 0.717) is 6.42 Å². The maximum atomic E-state index is 10.9. The summed E-state index contributed by atoms with van der Waals surface area (Å²) in [7, 11) is 0. The Morgan fingerprint density at radius 1 is 1.67 bits per heavy atom. The van der Waals surface area contributed by atoms with Gasteiger partial charge in [-0.1, -0.05) is 6.08 Å². The minimum absolute atomic E-state index is 0.0458. The third kappa shape index (κ3) is 5.92. The first kappa shape index (κ1) is 11.2.